The second kappa shape index (κ2) is 7.28. The topological polar surface area (TPSA) is 72.8 Å². The number of ether oxygens (including phenoxy) is 2. The molecule has 2 aliphatic carbocycles. The number of benzene rings is 1. The van der Waals surface area contributed by atoms with Gasteiger partial charge in [-0.3, -0.25) is 4.79 Å². The van der Waals surface area contributed by atoms with Crippen LogP contribution in [0.25, 0.3) is 0 Å². The number of esters is 2. The molecule has 6 atom stereocenters. The van der Waals surface area contributed by atoms with E-state index in [1.807, 2.05) is 32.9 Å². The van der Waals surface area contributed by atoms with Crippen molar-refractivity contribution in [3.63, 3.8) is 0 Å². The Balaban J connectivity index is 1.61. The number of aliphatic hydroxyl groups is 1. The number of fused-ring (bicyclic) bond motifs is 3. The summed E-state index contributed by atoms with van der Waals surface area (Å²) in [5, 5.41) is 11.2. The van der Waals surface area contributed by atoms with Gasteiger partial charge in [0.15, 0.2) is 0 Å². The van der Waals surface area contributed by atoms with Gasteiger partial charge >= 0.3 is 11.9 Å². The maximum absolute atomic E-state index is 12.7. The van der Waals surface area contributed by atoms with E-state index in [0.717, 1.165) is 24.0 Å². The standard InChI is InChI=1S/C24H30O5/c1-5-15-6-8-16(9-7-15)23(26)28-19-12-18-20(14(19)3)21-17(10-11-24(18,4)27)13(2)22(25)29-21/h6-9,13,17-19,21,27H,5,10-12H2,1-4H3/t13-,17-,18?,19-,21-,24+/m0/s1. The molecule has 0 amide bonds. The first kappa shape index (κ1) is 20.1. The van der Waals surface area contributed by atoms with Crippen molar-refractivity contribution in [3.05, 3.63) is 46.5 Å². The Hall–Kier alpha value is -2.14. The van der Waals surface area contributed by atoms with Gasteiger partial charge in [0.1, 0.15) is 12.2 Å². The highest BCUT2D eigenvalue weighted by atomic mass is 16.6. The van der Waals surface area contributed by atoms with Crippen LogP contribution >= 0.6 is 0 Å². The van der Waals surface area contributed by atoms with Crippen molar-refractivity contribution in [3.8, 4) is 0 Å². The number of aryl methyl sites for hydroxylation is 1. The van der Waals surface area contributed by atoms with Crippen LogP contribution in [0.5, 0.6) is 0 Å². The quantitative estimate of drug-likeness (QED) is 0.619. The van der Waals surface area contributed by atoms with Gasteiger partial charge < -0.3 is 14.6 Å². The van der Waals surface area contributed by atoms with Gasteiger partial charge in [-0.2, -0.15) is 0 Å². The predicted octanol–water partition coefficient (Wildman–Crippen LogP) is 3.83. The van der Waals surface area contributed by atoms with Gasteiger partial charge in [0, 0.05) is 11.8 Å². The lowest BCUT2D eigenvalue weighted by Gasteiger charge is -2.31. The molecule has 29 heavy (non-hydrogen) atoms. The van der Waals surface area contributed by atoms with Crippen LogP contribution in [0.15, 0.2) is 35.4 Å². The molecular weight excluding hydrogens is 368 g/mol. The van der Waals surface area contributed by atoms with Crippen LogP contribution in [0.2, 0.25) is 0 Å². The van der Waals surface area contributed by atoms with Gasteiger partial charge in [-0.15, -0.1) is 0 Å². The molecule has 1 unspecified atom stereocenters. The van der Waals surface area contributed by atoms with E-state index in [-0.39, 0.29) is 35.8 Å². The highest BCUT2D eigenvalue weighted by Crippen LogP contribution is 2.52. The Kier molecular flexibility index (Phi) is 5.06. The van der Waals surface area contributed by atoms with Crippen LogP contribution in [0.1, 0.15) is 62.9 Å². The Bertz CT molecular complexity index is 851. The fourth-order valence-corrected chi connectivity index (χ4v) is 5.29. The summed E-state index contributed by atoms with van der Waals surface area (Å²) in [6.07, 6.45) is 2.08. The summed E-state index contributed by atoms with van der Waals surface area (Å²) in [5.41, 5.74) is 2.68. The minimum Gasteiger partial charge on any atom is -0.457 e. The molecular formula is C24H30O5. The summed E-state index contributed by atoms with van der Waals surface area (Å²) in [5.74, 6) is -0.802. The van der Waals surface area contributed by atoms with E-state index in [2.05, 4.69) is 6.92 Å². The van der Waals surface area contributed by atoms with Gasteiger partial charge in [0.2, 0.25) is 0 Å². The number of hydrogen-bond acceptors (Lipinski definition) is 5. The normalized spacial score (nSPS) is 36.3. The predicted molar refractivity (Wildman–Crippen MR) is 108 cm³/mol. The van der Waals surface area contributed by atoms with E-state index in [9.17, 15) is 14.7 Å². The fourth-order valence-electron chi connectivity index (χ4n) is 5.29. The van der Waals surface area contributed by atoms with Crippen LogP contribution in [-0.2, 0) is 20.7 Å². The van der Waals surface area contributed by atoms with E-state index < -0.39 is 11.7 Å². The van der Waals surface area contributed by atoms with Crippen LogP contribution < -0.4 is 0 Å². The van der Waals surface area contributed by atoms with Crippen molar-refractivity contribution in [1.82, 2.24) is 0 Å². The summed E-state index contributed by atoms with van der Waals surface area (Å²) in [6, 6.07) is 7.47. The molecule has 1 heterocycles. The van der Waals surface area contributed by atoms with Crippen LogP contribution in [0.3, 0.4) is 0 Å². The van der Waals surface area contributed by atoms with Crippen molar-refractivity contribution in [2.45, 2.75) is 71.2 Å². The molecule has 1 aromatic carbocycles. The van der Waals surface area contributed by atoms with E-state index in [4.69, 9.17) is 9.47 Å². The van der Waals surface area contributed by atoms with E-state index in [1.165, 1.54) is 5.56 Å². The summed E-state index contributed by atoms with van der Waals surface area (Å²) in [4.78, 5) is 24.9. The number of rotatable bonds is 3. The first-order valence-corrected chi connectivity index (χ1v) is 10.7. The van der Waals surface area contributed by atoms with Gasteiger partial charge in [-0.1, -0.05) is 26.0 Å². The zero-order valence-corrected chi connectivity index (χ0v) is 17.6. The summed E-state index contributed by atoms with van der Waals surface area (Å²) in [7, 11) is 0. The molecule has 1 N–H and O–H groups in total. The fraction of sp³-hybridized carbons (Fsp3) is 0.583. The molecule has 0 radical (unpaired) electrons. The lowest BCUT2D eigenvalue weighted by molar-refractivity contribution is -0.143. The maximum atomic E-state index is 12.7. The largest absolute Gasteiger partial charge is 0.457 e. The lowest BCUT2D eigenvalue weighted by Crippen LogP contribution is -2.35. The molecule has 2 fully saturated rings. The highest BCUT2D eigenvalue weighted by molar-refractivity contribution is 5.89. The zero-order chi connectivity index (χ0) is 20.9. The average molecular weight is 398 g/mol. The lowest BCUT2D eigenvalue weighted by atomic mass is 9.81. The van der Waals surface area contributed by atoms with Gasteiger partial charge in [-0.25, -0.2) is 4.79 Å². The third-order valence-electron chi connectivity index (χ3n) is 7.30. The Labute approximate surface area is 172 Å². The molecule has 4 rings (SSSR count). The minimum atomic E-state index is -0.906. The van der Waals surface area contributed by atoms with Crippen molar-refractivity contribution in [1.29, 1.82) is 0 Å². The van der Waals surface area contributed by atoms with E-state index in [0.29, 0.717) is 18.4 Å². The van der Waals surface area contributed by atoms with E-state index in [1.54, 1.807) is 12.1 Å². The van der Waals surface area contributed by atoms with Crippen LogP contribution in [-0.4, -0.2) is 34.9 Å². The molecule has 0 aromatic heterocycles. The highest BCUT2D eigenvalue weighted by Gasteiger charge is 2.55. The molecule has 1 saturated heterocycles. The SMILES string of the molecule is CCc1ccc(C(=O)O[C@H]2CC3C(=C2C)[C@H]2OC(=O)[C@@H](C)[C@@H]2CC[C@@]3(C)O)cc1. The zero-order valence-electron chi connectivity index (χ0n) is 17.6. The van der Waals surface area contributed by atoms with E-state index >= 15 is 0 Å². The molecule has 5 nitrogen and oxygen atoms in total. The summed E-state index contributed by atoms with van der Waals surface area (Å²) < 4.78 is 11.6. The second-order valence-electron chi connectivity index (χ2n) is 9.08. The Morgan fingerprint density at radius 2 is 2.00 bits per heavy atom. The minimum absolute atomic E-state index is 0.0694. The Morgan fingerprint density at radius 3 is 2.66 bits per heavy atom. The molecule has 3 aliphatic rings. The molecule has 1 aliphatic heterocycles. The van der Waals surface area contributed by atoms with Gasteiger partial charge in [0.05, 0.1) is 17.1 Å². The van der Waals surface area contributed by atoms with Crippen molar-refractivity contribution in [2.75, 3.05) is 0 Å². The number of carbonyl (C=O) groups excluding carboxylic acids is 2. The van der Waals surface area contributed by atoms with Gasteiger partial charge in [-0.05, 0) is 68.4 Å². The van der Waals surface area contributed by atoms with Gasteiger partial charge in [0.25, 0.3) is 0 Å². The average Bonchev–Trinajstić information content (AvgIpc) is 3.13. The number of hydrogen-bond donors (Lipinski definition) is 1. The first-order chi connectivity index (χ1) is 13.7. The van der Waals surface area contributed by atoms with Crippen molar-refractivity contribution in [2.24, 2.45) is 17.8 Å². The maximum Gasteiger partial charge on any atom is 0.338 e. The number of carbonyl (C=O) groups is 2. The third-order valence-corrected chi connectivity index (χ3v) is 7.30. The molecule has 0 bridgehead atoms. The molecule has 5 heteroatoms. The first-order valence-electron chi connectivity index (χ1n) is 10.7. The Morgan fingerprint density at radius 1 is 1.31 bits per heavy atom. The van der Waals surface area contributed by atoms with Crippen LogP contribution in [0, 0.1) is 17.8 Å². The molecule has 1 aromatic rings. The van der Waals surface area contributed by atoms with Crippen molar-refractivity contribution >= 4 is 11.9 Å². The second-order valence-corrected chi connectivity index (χ2v) is 9.08. The third kappa shape index (κ3) is 3.39. The monoisotopic (exact) mass is 398 g/mol. The molecule has 1 saturated carbocycles. The molecule has 156 valence electrons. The van der Waals surface area contributed by atoms with Crippen molar-refractivity contribution < 1.29 is 24.2 Å². The van der Waals surface area contributed by atoms with Crippen LogP contribution in [0.4, 0.5) is 0 Å². The smallest absolute Gasteiger partial charge is 0.338 e. The summed E-state index contributed by atoms with van der Waals surface area (Å²) in [6.45, 7) is 7.78. The molecule has 0 spiro atoms. The summed E-state index contributed by atoms with van der Waals surface area (Å²) >= 11 is 0.